The van der Waals surface area contributed by atoms with Gasteiger partial charge in [0.15, 0.2) is 0 Å². The summed E-state index contributed by atoms with van der Waals surface area (Å²) < 4.78 is 5.18. The third-order valence-electron chi connectivity index (χ3n) is 4.52. The number of hydrogen-bond donors (Lipinski definition) is 0. The summed E-state index contributed by atoms with van der Waals surface area (Å²) in [7, 11) is 1.54. The van der Waals surface area contributed by atoms with E-state index in [2.05, 4.69) is 0 Å². The first-order valence-electron chi connectivity index (χ1n) is 8.51. The van der Waals surface area contributed by atoms with Gasteiger partial charge in [0.25, 0.3) is 5.69 Å². The standard InChI is InChI=1S/C19H20ClN3O4/c1-27-13-15-10-17(23(25)26)6-7-18(15)21-8-9-22(19(24)12-21)11-14-2-4-16(20)5-3-14/h2-7,10H,8-9,11-13H2,1H3. The predicted octanol–water partition coefficient (Wildman–Crippen LogP) is 3.24. The number of piperazine rings is 1. The lowest BCUT2D eigenvalue weighted by atomic mass is 10.1. The number of nitrogens with zero attached hydrogens (tertiary/aromatic N) is 3. The van der Waals surface area contributed by atoms with Crippen LogP contribution in [0.25, 0.3) is 0 Å². The summed E-state index contributed by atoms with van der Waals surface area (Å²) in [6, 6.07) is 12.1. The van der Waals surface area contributed by atoms with Gasteiger partial charge in [-0.05, 0) is 23.8 Å². The molecule has 8 heteroatoms. The molecular formula is C19H20ClN3O4. The van der Waals surface area contributed by atoms with Crippen LogP contribution in [0, 0.1) is 10.1 Å². The van der Waals surface area contributed by atoms with Gasteiger partial charge in [0.05, 0.1) is 18.1 Å². The molecule has 2 aromatic rings. The van der Waals surface area contributed by atoms with E-state index in [9.17, 15) is 14.9 Å². The average molecular weight is 390 g/mol. The summed E-state index contributed by atoms with van der Waals surface area (Å²) >= 11 is 5.90. The number of halogens is 1. The van der Waals surface area contributed by atoms with E-state index in [1.807, 2.05) is 29.2 Å². The Labute approximate surface area is 162 Å². The van der Waals surface area contributed by atoms with Crippen molar-refractivity contribution in [2.45, 2.75) is 13.2 Å². The van der Waals surface area contributed by atoms with Crippen LogP contribution in [-0.4, -0.2) is 42.5 Å². The number of nitro benzene ring substituents is 1. The first-order chi connectivity index (χ1) is 13.0. The largest absolute Gasteiger partial charge is 0.380 e. The van der Waals surface area contributed by atoms with Crippen LogP contribution >= 0.6 is 11.6 Å². The maximum atomic E-state index is 12.6. The lowest BCUT2D eigenvalue weighted by Crippen LogP contribution is -2.50. The number of hydrogen-bond acceptors (Lipinski definition) is 5. The molecule has 0 aliphatic carbocycles. The van der Waals surface area contributed by atoms with Gasteiger partial charge in [-0.25, -0.2) is 0 Å². The molecule has 1 amide bonds. The van der Waals surface area contributed by atoms with Crippen LogP contribution in [0.15, 0.2) is 42.5 Å². The molecule has 0 spiro atoms. The summed E-state index contributed by atoms with van der Waals surface area (Å²) in [5.41, 5.74) is 2.53. The van der Waals surface area contributed by atoms with E-state index < -0.39 is 4.92 Å². The molecule has 142 valence electrons. The number of benzene rings is 2. The molecule has 1 fully saturated rings. The SMILES string of the molecule is COCc1cc([N+](=O)[O-])ccc1N1CCN(Cc2ccc(Cl)cc2)C(=O)C1. The highest BCUT2D eigenvalue weighted by molar-refractivity contribution is 6.30. The van der Waals surface area contributed by atoms with Gasteiger partial charge in [-0.15, -0.1) is 0 Å². The van der Waals surface area contributed by atoms with Crippen molar-refractivity contribution >= 4 is 28.9 Å². The molecule has 0 saturated carbocycles. The molecule has 0 radical (unpaired) electrons. The maximum absolute atomic E-state index is 12.6. The van der Waals surface area contributed by atoms with E-state index in [0.717, 1.165) is 11.3 Å². The van der Waals surface area contributed by atoms with Crippen molar-refractivity contribution in [2.24, 2.45) is 0 Å². The van der Waals surface area contributed by atoms with Crippen molar-refractivity contribution in [2.75, 3.05) is 31.6 Å². The minimum atomic E-state index is -0.432. The fourth-order valence-electron chi connectivity index (χ4n) is 3.16. The minimum absolute atomic E-state index is 0.0120. The molecule has 1 saturated heterocycles. The Kier molecular flexibility index (Phi) is 5.93. The smallest absolute Gasteiger partial charge is 0.269 e. The van der Waals surface area contributed by atoms with Crippen molar-refractivity contribution in [1.82, 2.24) is 4.90 Å². The van der Waals surface area contributed by atoms with Crippen LogP contribution < -0.4 is 4.90 Å². The average Bonchev–Trinajstić information content (AvgIpc) is 2.65. The summed E-state index contributed by atoms with van der Waals surface area (Å²) in [4.78, 5) is 26.9. The van der Waals surface area contributed by atoms with Crippen LogP contribution in [0.3, 0.4) is 0 Å². The Morgan fingerprint density at radius 1 is 1.19 bits per heavy atom. The van der Waals surface area contributed by atoms with Crippen molar-refractivity contribution in [1.29, 1.82) is 0 Å². The Morgan fingerprint density at radius 2 is 1.93 bits per heavy atom. The van der Waals surface area contributed by atoms with Crippen LogP contribution in [0.2, 0.25) is 5.02 Å². The number of methoxy groups -OCH3 is 1. The number of rotatable bonds is 6. The summed E-state index contributed by atoms with van der Waals surface area (Å²) in [5, 5.41) is 11.7. The first-order valence-corrected chi connectivity index (χ1v) is 8.89. The number of amides is 1. The summed E-state index contributed by atoms with van der Waals surface area (Å²) in [6.07, 6.45) is 0. The zero-order chi connectivity index (χ0) is 19.4. The van der Waals surface area contributed by atoms with Gasteiger partial charge in [0.1, 0.15) is 0 Å². The molecule has 0 aromatic heterocycles. The molecule has 0 atom stereocenters. The maximum Gasteiger partial charge on any atom is 0.269 e. The van der Waals surface area contributed by atoms with Crippen LogP contribution in [0.4, 0.5) is 11.4 Å². The van der Waals surface area contributed by atoms with Gasteiger partial charge >= 0.3 is 0 Å². The van der Waals surface area contributed by atoms with Gasteiger partial charge < -0.3 is 14.5 Å². The monoisotopic (exact) mass is 389 g/mol. The van der Waals surface area contributed by atoms with Crippen molar-refractivity contribution in [3.63, 3.8) is 0 Å². The Morgan fingerprint density at radius 3 is 2.56 bits per heavy atom. The quantitative estimate of drug-likeness (QED) is 0.560. The van der Waals surface area contributed by atoms with Gasteiger partial charge in [-0.2, -0.15) is 0 Å². The second-order valence-electron chi connectivity index (χ2n) is 6.37. The molecule has 0 bridgehead atoms. The molecule has 3 rings (SSSR count). The summed E-state index contributed by atoms with van der Waals surface area (Å²) in [6.45, 7) is 2.23. The fraction of sp³-hybridized carbons (Fsp3) is 0.316. The Bertz CT molecular complexity index is 841. The molecule has 2 aromatic carbocycles. The van der Waals surface area contributed by atoms with Gasteiger partial charge in [-0.3, -0.25) is 14.9 Å². The number of anilines is 1. The second-order valence-corrected chi connectivity index (χ2v) is 6.80. The highest BCUT2D eigenvalue weighted by atomic mass is 35.5. The zero-order valence-electron chi connectivity index (χ0n) is 14.9. The molecule has 27 heavy (non-hydrogen) atoms. The van der Waals surface area contributed by atoms with Crippen LogP contribution in [0.1, 0.15) is 11.1 Å². The molecule has 7 nitrogen and oxygen atoms in total. The van der Waals surface area contributed by atoms with Crippen molar-refractivity contribution < 1.29 is 14.5 Å². The third kappa shape index (κ3) is 4.56. The van der Waals surface area contributed by atoms with E-state index in [4.69, 9.17) is 16.3 Å². The lowest BCUT2D eigenvalue weighted by molar-refractivity contribution is -0.384. The second kappa shape index (κ2) is 8.37. The Hall–Kier alpha value is -2.64. The summed E-state index contributed by atoms with van der Waals surface area (Å²) in [5.74, 6) is 0.0120. The van der Waals surface area contributed by atoms with E-state index in [1.165, 1.54) is 19.2 Å². The van der Waals surface area contributed by atoms with Crippen molar-refractivity contribution in [3.8, 4) is 0 Å². The van der Waals surface area contributed by atoms with Crippen LogP contribution in [-0.2, 0) is 22.7 Å². The third-order valence-corrected chi connectivity index (χ3v) is 4.77. The minimum Gasteiger partial charge on any atom is -0.380 e. The topological polar surface area (TPSA) is 75.9 Å². The molecule has 0 N–H and O–H groups in total. The van der Waals surface area contributed by atoms with E-state index in [1.54, 1.807) is 11.0 Å². The zero-order valence-corrected chi connectivity index (χ0v) is 15.7. The van der Waals surface area contributed by atoms with E-state index >= 15 is 0 Å². The molecule has 1 aliphatic rings. The van der Waals surface area contributed by atoms with Crippen molar-refractivity contribution in [3.05, 3.63) is 68.7 Å². The van der Waals surface area contributed by atoms with E-state index in [0.29, 0.717) is 30.2 Å². The normalized spacial score (nSPS) is 14.5. The molecule has 0 unspecified atom stereocenters. The number of carbonyl (C=O) groups is 1. The number of non-ortho nitro benzene ring substituents is 1. The Balaban J connectivity index is 1.72. The van der Waals surface area contributed by atoms with E-state index in [-0.39, 0.29) is 24.7 Å². The van der Waals surface area contributed by atoms with Gasteiger partial charge in [-0.1, -0.05) is 23.7 Å². The predicted molar refractivity (Wildman–Crippen MR) is 103 cm³/mol. The fourth-order valence-corrected chi connectivity index (χ4v) is 3.28. The number of ether oxygens (including phenoxy) is 1. The highest BCUT2D eigenvalue weighted by Crippen LogP contribution is 2.27. The van der Waals surface area contributed by atoms with Gasteiger partial charge in [0, 0.05) is 55.2 Å². The molecule has 1 aliphatic heterocycles. The number of nitro groups is 1. The van der Waals surface area contributed by atoms with Gasteiger partial charge in [0.2, 0.25) is 5.91 Å². The molecule has 1 heterocycles. The lowest BCUT2D eigenvalue weighted by Gasteiger charge is -2.36. The van der Waals surface area contributed by atoms with Crippen LogP contribution in [0.5, 0.6) is 0 Å². The first kappa shape index (κ1) is 19.1. The molecular weight excluding hydrogens is 370 g/mol. The highest BCUT2D eigenvalue weighted by Gasteiger charge is 2.26. The number of carbonyl (C=O) groups excluding carboxylic acids is 1.